The van der Waals surface area contributed by atoms with Crippen LogP contribution in [0, 0.1) is 11.3 Å². The Kier molecular flexibility index (Phi) is 4.38. The molecule has 5 heteroatoms. The average molecular weight is 273 g/mol. The largest absolute Gasteiger partial charge is 0.363 e. The van der Waals surface area contributed by atoms with Gasteiger partial charge in [0.1, 0.15) is 6.61 Å². The number of hydrogen-bond donors (Lipinski definition) is 1. The molecule has 106 valence electrons. The van der Waals surface area contributed by atoms with Gasteiger partial charge in [0.05, 0.1) is 17.2 Å². The lowest BCUT2D eigenvalue weighted by molar-refractivity contribution is -0.145. The summed E-state index contributed by atoms with van der Waals surface area (Å²) >= 11 is 0. The molecule has 1 aromatic carbocycles. The third-order valence-corrected chi connectivity index (χ3v) is 3.44. The zero-order valence-corrected chi connectivity index (χ0v) is 11.8. The number of nitrogens with zero attached hydrogens (tertiary/aromatic N) is 2. The molecule has 1 aromatic rings. The molecule has 1 N–H and O–H groups in total. The first-order chi connectivity index (χ1) is 9.52. The lowest BCUT2D eigenvalue weighted by atomic mass is 10.0. The molecule has 0 spiro atoms. The van der Waals surface area contributed by atoms with Crippen molar-refractivity contribution in [2.45, 2.75) is 19.1 Å². The van der Waals surface area contributed by atoms with Crippen molar-refractivity contribution in [3.05, 3.63) is 35.4 Å². The van der Waals surface area contributed by atoms with Crippen molar-refractivity contribution < 1.29 is 9.53 Å². The first-order valence-electron chi connectivity index (χ1n) is 6.60. The predicted octanol–water partition coefficient (Wildman–Crippen LogP) is 0.895. The highest BCUT2D eigenvalue weighted by Gasteiger charge is 2.33. The molecular formula is C15H19N3O2. The summed E-state index contributed by atoms with van der Waals surface area (Å²) in [6.07, 6.45) is 0. The van der Waals surface area contributed by atoms with Gasteiger partial charge >= 0.3 is 0 Å². The van der Waals surface area contributed by atoms with Gasteiger partial charge in [0.25, 0.3) is 0 Å². The molecular weight excluding hydrogens is 254 g/mol. The first kappa shape index (κ1) is 14.5. The highest BCUT2D eigenvalue weighted by atomic mass is 16.5. The van der Waals surface area contributed by atoms with E-state index in [1.54, 1.807) is 24.1 Å². The zero-order chi connectivity index (χ0) is 14.6. The molecule has 0 saturated carbocycles. The number of ether oxygens (including phenoxy) is 1. The Morgan fingerprint density at radius 2 is 2.30 bits per heavy atom. The second-order valence-corrected chi connectivity index (χ2v) is 5.40. The van der Waals surface area contributed by atoms with Gasteiger partial charge in [0.2, 0.25) is 5.91 Å². The molecule has 0 bridgehead atoms. The molecule has 5 nitrogen and oxygen atoms in total. The van der Waals surface area contributed by atoms with Crippen LogP contribution in [0.1, 0.15) is 18.1 Å². The number of nitriles is 1. The fourth-order valence-electron chi connectivity index (χ4n) is 2.03. The van der Waals surface area contributed by atoms with E-state index in [9.17, 15) is 4.79 Å². The molecule has 0 radical (unpaired) electrons. The summed E-state index contributed by atoms with van der Waals surface area (Å²) in [4.78, 5) is 13.6. The number of rotatable bonds is 5. The van der Waals surface area contributed by atoms with Gasteiger partial charge in [-0.3, -0.25) is 4.79 Å². The van der Waals surface area contributed by atoms with Crippen LogP contribution >= 0.6 is 0 Å². The van der Waals surface area contributed by atoms with Gasteiger partial charge in [0, 0.05) is 26.7 Å². The van der Waals surface area contributed by atoms with Crippen LogP contribution in [-0.4, -0.2) is 43.2 Å². The number of carbonyl (C=O) groups is 1. The van der Waals surface area contributed by atoms with Crippen LogP contribution in [0.5, 0.6) is 0 Å². The molecule has 2 rings (SSSR count). The SMILES string of the molecule is CN(Cc1cccc(C#N)c1)C(=O)COC1(C)CNC1. The van der Waals surface area contributed by atoms with Crippen LogP contribution in [0.4, 0.5) is 0 Å². The molecule has 1 aliphatic heterocycles. The summed E-state index contributed by atoms with van der Waals surface area (Å²) in [5.74, 6) is -0.0551. The molecule has 1 heterocycles. The Labute approximate surface area is 119 Å². The summed E-state index contributed by atoms with van der Waals surface area (Å²) in [5.41, 5.74) is 1.33. The molecule has 0 aromatic heterocycles. The number of amides is 1. The zero-order valence-electron chi connectivity index (χ0n) is 11.8. The smallest absolute Gasteiger partial charge is 0.248 e. The minimum Gasteiger partial charge on any atom is -0.363 e. The molecule has 0 aliphatic carbocycles. The number of benzene rings is 1. The van der Waals surface area contributed by atoms with E-state index in [2.05, 4.69) is 11.4 Å². The predicted molar refractivity (Wildman–Crippen MR) is 74.9 cm³/mol. The number of hydrogen-bond acceptors (Lipinski definition) is 4. The summed E-state index contributed by atoms with van der Waals surface area (Å²) in [6.45, 7) is 4.13. The lowest BCUT2D eigenvalue weighted by Gasteiger charge is -2.39. The van der Waals surface area contributed by atoms with Gasteiger partial charge in [-0.2, -0.15) is 5.26 Å². The van der Waals surface area contributed by atoms with Crippen LogP contribution in [-0.2, 0) is 16.1 Å². The highest BCUT2D eigenvalue weighted by Crippen LogP contribution is 2.15. The Hall–Kier alpha value is -1.90. The molecule has 1 aliphatic rings. The second-order valence-electron chi connectivity index (χ2n) is 5.40. The van der Waals surface area contributed by atoms with Crippen LogP contribution < -0.4 is 5.32 Å². The van der Waals surface area contributed by atoms with Gasteiger partial charge in [-0.1, -0.05) is 12.1 Å². The molecule has 0 atom stereocenters. The highest BCUT2D eigenvalue weighted by molar-refractivity contribution is 5.77. The van der Waals surface area contributed by atoms with E-state index in [0.717, 1.165) is 18.7 Å². The monoisotopic (exact) mass is 273 g/mol. The van der Waals surface area contributed by atoms with Gasteiger partial charge in [-0.05, 0) is 24.6 Å². The fourth-order valence-corrected chi connectivity index (χ4v) is 2.03. The minimum atomic E-state index is -0.211. The maximum atomic E-state index is 12.0. The topological polar surface area (TPSA) is 65.4 Å². The van der Waals surface area contributed by atoms with Crippen molar-refractivity contribution in [1.29, 1.82) is 5.26 Å². The van der Waals surface area contributed by atoms with Crippen molar-refractivity contribution in [2.24, 2.45) is 0 Å². The third kappa shape index (κ3) is 3.56. The van der Waals surface area contributed by atoms with E-state index in [4.69, 9.17) is 10.00 Å². The summed E-state index contributed by atoms with van der Waals surface area (Å²) < 4.78 is 5.62. The number of carbonyl (C=O) groups excluding carboxylic acids is 1. The van der Waals surface area contributed by atoms with Gasteiger partial charge in [0.15, 0.2) is 0 Å². The van der Waals surface area contributed by atoms with Crippen molar-refractivity contribution in [2.75, 3.05) is 26.7 Å². The van der Waals surface area contributed by atoms with Crippen molar-refractivity contribution in [3.63, 3.8) is 0 Å². The standard InChI is InChI=1S/C15H19N3O2/c1-15(10-17-11-15)20-9-14(19)18(2)8-13-5-3-4-12(6-13)7-16/h3-6,17H,8-11H2,1-2H3. The summed E-state index contributed by atoms with van der Waals surface area (Å²) in [7, 11) is 1.74. The Bertz CT molecular complexity index is 532. The van der Waals surface area contributed by atoms with E-state index in [1.807, 2.05) is 19.1 Å². The van der Waals surface area contributed by atoms with Crippen molar-refractivity contribution in [1.82, 2.24) is 10.2 Å². The molecule has 0 unspecified atom stereocenters. The quantitative estimate of drug-likeness (QED) is 0.865. The Morgan fingerprint density at radius 1 is 1.55 bits per heavy atom. The molecule has 20 heavy (non-hydrogen) atoms. The summed E-state index contributed by atoms with van der Waals surface area (Å²) in [6, 6.07) is 9.37. The van der Waals surface area contributed by atoms with Gasteiger partial charge in [-0.15, -0.1) is 0 Å². The van der Waals surface area contributed by atoms with Gasteiger partial charge in [-0.25, -0.2) is 0 Å². The minimum absolute atomic E-state index is 0.0551. The van der Waals surface area contributed by atoms with Crippen LogP contribution in [0.25, 0.3) is 0 Å². The average Bonchev–Trinajstić information content (AvgIpc) is 2.42. The van der Waals surface area contributed by atoms with E-state index >= 15 is 0 Å². The molecule has 1 fully saturated rings. The lowest BCUT2D eigenvalue weighted by Crippen LogP contribution is -2.59. The molecule has 1 amide bonds. The number of likely N-dealkylation sites (N-methyl/N-ethyl adjacent to an activating group) is 1. The fraction of sp³-hybridized carbons (Fsp3) is 0.467. The van der Waals surface area contributed by atoms with Gasteiger partial charge < -0.3 is 15.0 Å². The first-order valence-corrected chi connectivity index (χ1v) is 6.60. The normalized spacial score (nSPS) is 16.1. The van der Waals surface area contributed by atoms with E-state index < -0.39 is 0 Å². The maximum Gasteiger partial charge on any atom is 0.248 e. The van der Waals surface area contributed by atoms with Crippen molar-refractivity contribution >= 4 is 5.91 Å². The van der Waals surface area contributed by atoms with Crippen LogP contribution in [0.3, 0.4) is 0 Å². The number of nitrogens with one attached hydrogen (secondary N) is 1. The molecule has 1 saturated heterocycles. The Balaban J connectivity index is 1.85. The third-order valence-electron chi connectivity index (χ3n) is 3.44. The van der Waals surface area contributed by atoms with E-state index in [-0.39, 0.29) is 18.1 Å². The van der Waals surface area contributed by atoms with Crippen LogP contribution in [0.2, 0.25) is 0 Å². The van der Waals surface area contributed by atoms with Crippen molar-refractivity contribution in [3.8, 4) is 6.07 Å². The maximum absolute atomic E-state index is 12.0. The van der Waals surface area contributed by atoms with E-state index in [1.165, 1.54) is 0 Å². The van der Waals surface area contributed by atoms with Crippen LogP contribution in [0.15, 0.2) is 24.3 Å². The van der Waals surface area contributed by atoms with E-state index in [0.29, 0.717) is 12.1 Å². The summed E-state index contributed by atoms with van der Waals surface area (Å²) in [5, 5.41) is 12.0. The second kappa shape index (κ2) is 6.04. The Morgan fingerprint density at radius 3 is 2.90 bits per heavy atom.